The summed E-state index contributed by atoms with van der Waals surface area (Å²) in [6, 6.07) is 5.86. The van der Waals surface area contributed by atoms with E-state index in [4.69, 9.17) is 0 Å². The van der Waals surface area contributed by atoms with Crippen LogP contribution in [-0.2, 0) is 11.3 Å². The first kappa shape index (κ1) is 15.3. The summed E-state index contributed by atoms with van der Waals surface area (Å²) >= 11 is 0. The van der Waals surface area contributed by atoms with Crippen molar-refractivity contribution in [2.45, 2.75) is 6.54 Å². The van der Waals surface area contributed by atoms with Crippen LogP contribution >= 0.6 is 0 Å². The molecule has 0 bridgehead atoms. The van der Waals surface area contributed by atoms with Crippen molar-refractivity contribution in [3.63, 3.8) is 0 Å². The van der Waals surface area contributed by atoms with Crippen molar-refractivity contribution >= 4 is 12.0 Å². The van der Waals surface area contributed by atoms with Crippen molar-refractivity contribution in [2.75, 3.05) is 32.7 Å². The Bertz CT molecular complexity index is 633. The molecule has 1 fully saturated rings. The van der Waals surface area contributed by atoms with E-state index in [1.807, 2.05) is 29.2 Å². The van der Waals surface area contributed by atoms with Gasteiger partial charge in [0.15, 0.2) is 0 Å². The smallest absolute Gasteiger partial charge is 0.244 e. The molecule has 1 aliphatic rings. The molecule has 0 radical (unpaired) electrons. The van der Waals surface area contributed by atoms with Gasteiger partial charge in [0.25, 0.3) is 0 Å². The molecule has 0 spiro atoms. The molecule has 23 heavy (non-hydrogen) atoms. The van der Waals surface area contributed by atoms with Gasteiger partial charge in [0.2, 0.25) is 5.91 Å². The number of hydrogen-bond donors (Lipinski definition) is 0. The fourth-order valence-corrected chi connectivity index (χ4v) is 2.47. The second-order valence-electron chi connectivity index (χ2n) is 5.35. The average Bonchev–Trinajstić information content (AvgIpc) is 3.09. The Morgan fingerprint density at radius 1 is 1.22 bits per heavy atom. The summed E-state index contributed by atoms with van der Waals surface area (Å²) in [5, 5.41) is 10.8. The van der Waals surface area contributed by atoms with Crippen LogP contribution in [0.5, 0.6) is 0 Å². The Hall–Kier alpha value is -2.61. The Morgan fingerprint density at radius 3 is 2.78 bits per heavy atom. The van der Waals surface area contributed by atoms with Crippen molar-refractivity contribution < 1.29 is 4.79 Å². The molecular weight excluding hydrogens is 294 g/mol. The first-order chi connectivity index (χ1) is 11.3. The highest BCUT2D eigenvalue weighted by molar-refractivity contribution is 5.76. The first-order valence-electron chi connectivity index (χ1n) is 7.60. The molecule has 2 aromatic heterocycles. The number of carbonyl (C=O) groups excluding carboxylic acids is 1. The monoisotopic (exact) mass is 313 g/mol. The summed E-state index contributed by atoms with van der Waals surface area (Å²) < 4.78 is 1.45. The van der Waals surface area contributed by atoms with E-state index >= 15 is 0 Å². The SMILES string of the molecule is O=C(Cn1cnnn1)N1CCN(C/C=C/c2ccccn2)CC1. The molecule has 0 unspecified atom stereocenters. The number of rotatable bonds is 5. The molecule has 0 aliphatic carbocycles. The minimum atomic E-state index is 0.0565. The van der Waals surface area contributed by atoms with Gasteiger partial charge in [0.05, 0.1) is 5.69 Å². The van der Waals surface area contributed by atoms with E-state index in [1.165, 1.54) is 11.0 Å². The number of nitrogens with zero attached hydrogens (tertiary/aromatic N) is 7. The minimum Gasteiger partial charge on any atom is -0.339 e. The van der Waals surface area contributed by atoms with E-state index in [1.54, 1.807) is 6.20 Å². The Labute approximate surface area is 134 Å². The van der Waals surface area contributed by atoms with Crippen LogP contribution < -0.4 is 0 Å². The lowest BCUT2D eigenvalue weighted by molar-refractivity contribution is -0.133. The maximum Gasteiger partial charge on any atom is 0.244 e. The Morgan fingerprint density at radius 2 is 2.09 bits per heavy atom. The standard InChI is InChI=1S/C15H19N7O/c23-15(12-22-13-17-18-19-22)21-10-8-20(9-11-21)7-3-5-14-4-1-2-6-16-14/h1-6,13H,7-12H2/b5-3+. The summed E-state index contributed by atoms with van der Waals surface area (Å²) in [7, 11) is 0. The molecule has 1 aliphatic heterocycles. The molecule has 8 heteroatoms. The molecule has 3 heterocycles. The van der Waals surface area contributed by atoms with Crippen LogP contribution in [0.3, 0.4) is 0 Å². The van der Waals surface area contributed by atoms with Gasteiger partial charge in [0.1, 0.15) is 12.9 Å². The van der Waals surface area contributed by atoms with Crippen LogP contribution in [-0.4, -0.2) is 73.6 Å². The lowest BCUT2D eigenvalue weighted by Gasteiger charge is -2.34. The second kappa shape index (κ2) is 7.59. The summed E-state index contributed by atoms with van der Waals surface area (Å²) in [5.74, 6) is 0.0565. The van der Waals surface area contributed by atoms with Gasteiger partial charge in [-0.05, 0) is 28.6 Å². The van der Waals surface area contributed by atoms with Crippen LogP contribution in [0.15, 0.2) is 36.8 Å². The van der Waals surface area contributed by atoms with Crippen LogP contribution in [0.25, 0.3) is 6.08 Å². The molecule has 0 N–H and O–H groups in total. The first-order valence-corrected chi connectivity index (χ1v) is 7.60. The number of amides is 1. The number of tetrazole rings is 1. The molecule has 8 nitrogen and oxygen atoms in total. The van der Waals surface area contributed by atoms with Crippen molar-refractivity contribution in [3.8, 4) is 0 Å². The van der Waals surface area contributed by atoms with Crippen LogP contribution in [0, 0.1) is 0 Å². The lowest BCUT2D eigenvalue weighted by atomic mass is 10.3. The van der Waals surface area contributed by atoms with Gasteiger partial charge in [-0.3, -0.25) is 14.7 Å². The highest BCUT2D eigenvalue weighted by atomic mass is 16.2. The van der Waals surface area contributed by atoms with Gasteiger partial charge in [0, 0.05) is 38.9 Å². The van der Waals surface area contributed by atoms with Crippen molar-refractivity contribution in [1.29, 1.82) is 0 Å². The fraction of sp³-hybridized carbons (Fsp3) is 0.400. The van der Waals surface area contributed by atoms with Crippen molar-refractivity contribution in [1.82, 2.24) is 35.0 Å². The van der Waals surface area contributed by atoms with Gasteiger partial charge in [-0.15, -0.1) is 5.10 Å². The molecule has 1 amide bonds. The quantitative estimate of drug-likeness (QED) is 0.768. The topological polar surface area (TPSA) is 80.0 Å². The summed E-state index contributed by atoms with van der Waals surface area (Å²) in [5.41, 5.74) is 0.961. The number of piperazine rings is 1. The molecule has 1 saturated heterocycles. The number of pyridine rings is 1. The molecule has 120 valence electrons. The van der Waals surface area contributed by atoms with Crippen molar-refractivity contribution in [3.05, 3.63) is 42.5 Å². The van der Waals surface area contributed by atoms with Crippen LogP contribution in [0.1, 0.15) is 5.69 Å². The zero-order valence-corrected chi connectivity index (χ0v) is 12.8. The van der Waals surface area contributed by atoms with E-state index in [-0.39, 0.29) is 12.5 Å². The predicted octanol–water partition coefficient (Wildman–Crippen LogP) is -0.0743. The third kappa shape index (κ3) is 4.43. The number of carbonyl (C=O) groups is 1. The van der Waals surface area contributed by atoms with E-state index in [9.17, 15) is 4.79 Å². The maximum absolute atomic E-state index is 12.1. The van der Waals surface area contributed by atoms with E-state index in [0.29, 0.717) is 0 Å². The highest BCUT2D eigenvalue weighted by Gasteiger charge is 2.20. The molecule has 0 atom stereocenters. The van der Waals surface area contributed by atoms with E-state index in [0.717, 1.165) is 38.4 Å². The minimum absolute atomic E-state index is 0.0565. The zero-order chi connectivity index (χ0) is 15.9. The van der Waals surface area contributed by atoms with E-state index < -0.39 is 0 Å². The third-order valence-electron chi connectivity index (χ3n) is 3.75. The molecule has 2 aromatic rings. The zero-order valence-electron chi connectivity index (χ0n) is 12.8. The van der Waals surface area contributed by atoms with Gasteiger partial charge < -0.3 is 4.90 Å². The van der Waals surface area contributed by atoms with Gasteiger partial charge in [-0.1, -0.05) is 12.1 Å². The van der Waals surface area contributed by atoms with Crippen molar-refractivity contribution in [2.24, 2.45) is 0 Å². The second-order valence-corrected chi connectivity index (χ2v) is 5.35. The largest absolute Gasteiger partial charge is 0.339 e. The normalized spacial score (nSPS) is 16.1. The van der Waals surface area contributed by atoms with Gasteiger partial charge in [-0.25, -0.2) is 4.68 Å². The molecular formula is C15H19N7O. The van der Waals surface area contributed by atoms with Gasteiger partial charge in [-0.2, -0.15) is 0 Å². The van der Waals surface area contributed by atoms with Crippen LogP contribution in [0.2, 0.25) is 0 Å². The number of hydrogen-bond acceptors (Lipinski definition) is 6. The number of aromatic nitrogens is 5. The molecule has 0 saturated carbocycles. The Balaban J connectivity index is 1.41. The highest BCUT2D eigenvalue weighted by Crippen LogP contribution is 2.04. The lowest BCUT2D eigenvalue weighted by Crippen LogP contribution is -2.49. The maximum atomic E-state index is 12.1. The molecule has 3 rings (SSSR count). The summed E-state index contributed by atoms with van der Waals surface area (Å²) in [6.45, 7) is 4.27. The van der Waals surface area contributed by atoms with Gasteiger partial charge >= 0.3 is 0 Å². The Kier molecular flexibility index (Phi) is 5.05. The van der Waals surface area contributed by atoms with Crippen LogP contribution in [0.4, 0.5) is 0 Å². The summed E-state index contributed by atoms with van der Waals surface area (Å²) in [6.07, 6.45) is 7.38. The third-order valence-corrected chi connectivity index (χ3v) is 3.75. The average molecular weight is 313 g/mol. The fourth-order valence-electron chi connectivity index (χ4n) is 2.47. The molecule has 0 aromatic carbocycles. The van der Waals surface area contributed by atoms with E-state index in [2.05, 4.69) is 31.5 Å². The predicted molar refractivity (Wildman–Crippen MR) is 84.1 cm³/mol. The summed E-state index contributed by atoms with van der Waals surface area (Å²) in [4.78, 5) is 20.6.